The third kappa shape index (κ3) is 2.45. The summed E-state index contributed by atoms with van der Waals surface area (Å²) < 4.78 is 0. The van der Waals surface area contributed by atoms with Crippen molar-refractivity contribution in [3.63, 3.8) is 0 Å². The molecule has 1 amide bonds. The molecule has 4 nitrogen and oxygen atoms in total. The average molecular weight is 197 g/mol. The second-order valence-corrected chi connectivity index (χ2v) is 4.19. The predicted octanol–water partition coefficient (Wildman–Crippen LogP) is 0.255. The maximum Gasteiger partial charge on any atom is 0.250 e. The van der Waals surface area contributed by atoms with Crippen LogP contribution in [0.3, 0.4) is 0 Å². The van der Waals surface area contributed by atoms with Crippen LogP contribution < -0.4 is 10.7 Å². The summed E-state index contributed by atoms with van der Waals surface area (Å²) in [5, 5.41) is 4.87. The van der Waals surface area contributed by atoms with Crippen molar-refractivity contribution in [2.75, 3.05) is 19.6 Å². The van der Waals surface area contributed by atoms with E-state index in [2.05, 4.69) is 10.7 Å². The molecule has 2 fully saturated rings. The Bertz CT molecular complexity index is 202. The predicted molar refractivity (Wildman–Crippen MR) is 54.6 cm³/mol. The minimum absolute atomic E-state index is 0.182. The van der Waals surface area contributed by atoms with Crippen molar-refractivity contribution in [1.29, 1.82) is 0 Å². The van der Waals surface area contributed by atoms with Gasteiger partial charge in [-0.25, -0.2) is 5.43 Å². The van der Waals surface area contributed by atoms with Gasteiger partial charge in [0.1, 0.15) is 0 Å². The normalized spacial score (nSPS) is 25.4. The first-order valence-corrected chi connectivity index (χ1v) is 5.63. The molecule has 2 N–H and O–H groups in total. The van der Waals surface area contributed by atoms with E-state index in [9.17, 15) is 4.79 Å². The second kappa shape index (κ2) is 4.75. The first-order chi connectivity index (χ1) is 6.86. The fraction of sp³-hybridized carbons (Fsp3) is 0.900. The monoisotopic (exact) mass is 197 g/mol. The van der Waals surface area contributed by atoms with Gasteiger partial charge in [-0.1, -0.05) is 19.3 Å². The maximum atomic E-state index is 11.5. The molecule has 0 unspecified atom stereocenters. The van der Waals surface area contributed by atoms with Crippen molar-refractivity contribution in [3.05, 3.63) is 0 Å². The van der Waals surface area contributed by atoms with Gasteiger partial charge in [0.2, 0.25) is 0 Å². The quantitative estimate of drug-likeness (QED) is 0.667. The standard InChI is InChI=1S/C10H19N3O/c14-10-8-11-6-7-13(10)12-9-4-2-1-3-5-9/h9,11-12H,1-8H2. The van der Waals surface area contributed by atoms with Gasteiger partial charge in [0.25, 0.3) is 5.91 Å². The number of nitrogens with one attached hydrogen (secondary N) is 2. The van der Waals surface area contributed by atoms with Crippen LogP contribution in [0.2, 0.25) is 0 Å². The Hall–Kier alpha value is -0.610. The lowest BCUT2D eigenvalue weighted by molar-refractivity contribution is -0.136. The van der Waals surface area contributed by atoms with Gasteiger partial charge in [0, 0.05) is 19.1 Å². The van der Waals surface area contributed by atoms with Gasteiger partial charge in [0.15, 0.2) is 0 Å². The van der Waals surface area contributed by atoms with Gasteiger partial charge in [-0.05, 0) is 12.8 Å². The highest BCUT2D eigenvalue weighted by molar-refractivity contribution is 5.78. The summed E-state index contributed by atoms with van der Waals surface area (Å²) in [5.74, 6) is 0.182. The van der Waals surface area contributed by atoms with Crippen molar-refractivity contribution >= 4 is 5.91 Å². The Labute approximate surface area is 85.0 Å². The van der Waals surface area contributed by atoms with Gasteiger partial charge < -0.3 is 5.32 Å². The first kappa shape index (κ1) is 9.93. The zero-order chi connectivity index (χ0) is 9.80. The highest BCUT2D eigenvalue weighted by atomic mass is 16.2. The van der Waals surface area contributed by atoms with Crippen LogP contribution in [0.5, 0.6) is 0 Å². The second-order valence-electron chi connectivity index (χ2n) is 4.19. The molecule has 0 spiro atoms. The maximum absolute atomic E-state index is 11.5. The third-order valence-electron chi connectivity index (χ3n) is 3.03. The summed E-state index contributed by atoms with van der Waals surface area (Å²) >= 11 is 0. The number of rotatable bonds is 2. The molecule has 1 aliphatic heterocycles. The summed E-state index contributed by atoms with van der Waals surface area (Å²) in [4.78, 5) is 11.5. The summed E-state index contributed by atoms with van der Waals surface area (Å²) in [6.45, 7) is 2.19. The fourth-order valence-electron chi connectivity index (χ4n) is 2.19. The van der Waals surface area contributed by atoms with Crippen LogP contribution in [0.25, 0.3) is 0 Å². The number of piperazine rings is 1. The number of amides is 1. The third-order valence-corrected chi connectivity index (χ3v) is 3.03. The Balaban J connectivity index is 1.79. The van der Waals surface area contributed by atoms with Crippen molar-refractivity contribution in [1.82, 2.24) is 15.8 Å². The zero-order valence-corrected chi connectivity index (χ0v) is 8.59. The molecule has 0 aromatic heterocycles. The lowest BCUT2D eigenvalue weighted by atomic mass is 9.96. The average Bonchev–Trinajstić information content (AvgIpc) is 2.23. The van der Waals surface area contributed by atoms with Crippen molar-refractivity contribution < 1.29 is 4.79 Å². The summed E-state index contributed by atoms with van der Waals surface area (Å²) in [6, 6.07) is 0.533. The van der Waals surface area contributed by atoms with Gasteiger partial charge in [-0.2, -0.15) is 0 Å². The molecule has 1 heterocycles. The molecule has 80 valence electrons. The van der Waals surface area contributed by atoms with Crippen LogP contribution in [-0.4, -0.2) is 36.6 Å². The van der Waals surface area contributed by atoms with E-state index in [0.717, 1.165) is 13.1 Å². The molecule has 1 saturated carbocycles. The molecule has 4 heteroatoms. The topological polar surface area (TPSA) is 44.4 Å². The van der Waals surface area contributed by atoms with Crippen LogP contribution in [0.15, 0.2) is 0 Å². The van der Waals surface area contributed by atoms with E-state index in [0.29, 0.717) is 12.6 Å². The molecule has 0 atom stereocenters. The Kier molecular flexibility index (Phi) is 3.37. The Morgan fingerprint density at radius 3 is 2.79 bits per heavy atom. The number of nitrogens with zero attached hydrogens (tertiary/aromatic N) is 1. The molecular formula is C10H19N3O. The van der Waals surface area contributed by atoms with Crippen molar-refractivity contribution in [2.24, 2.45) is 0 Å². The number of carbonyl (C=O) groups is 1. The van der Waals surface area contributed by atoms with E-state index in [1.165, 1.54) is 32.1 Å². The van der Waals surface area contributed by atoms with E-state index in [1.54, 1.807) is 5.01 Å². The molecule has 0 aromatic rings. The van der Waals surface area contributed by atoms with Crippen molar-refractivity contribution in [3.8, 4) is 0 Å². The highest BCUT2D eigenvalue weighted by Gasteiger charge is 2.21. The van der Waals surface area contributed by atoms with Gasteiger partial charge >= 0.3 is 0 Å². The Morgan fingerprint density at radius 1 is 1.29 bits per heavy atom. The fourth-order valence-corrected chi connectivity index (χ4v) is 2.19. The van der Waals surface area contributed by atoms with Gasteiger partial charge in [-0.15, -0.1) is 0 Å². The van der Waals surface area contributed by atoms with Crippen molar-refractivity contribution in [2.45, 2.75) is 38.1 Å². The molecular weight excluding hydrogens is 178 g/mol. The summed E-state index contributed by atoms with van der Waals surface area (Å²) in [5.41, 5.74) is 3.35. The molecule has 14 heavy (non-hydrogen) atoms. The lowest BCUT2D eigenvalue weighted by Crippen LogP contribution is -2.57. The van der Waals surface area contributed by atoms with Gasteiger partial charge in [0.05, 0.1) is 6.54 Å². The van der Waals surface area contributed by atoms with Crippen LogP contribution >= 0.6 is 0 Å². The van der Waals surface area contributed by atoms with Crippen LogP contribution in [0, 0.1) is 0 Å². The van der Waals surface area contributed by atoms with E-state index < -0.39 is 0 Å². The largest absolute Gasteiger partial charge is 0.307 e. The lowest BCUT2D eigenvalue weighted by Gasteiger charge is -2.33. The molecule has 1 aliphatic carbocycles. The minimum atomic E-state index is 0.182. The van der Waals surface area contributed by atoms with Gasteiger partial charge in [-0.3, -0.25) is 9.80 Å². The van der Waals surface area contributed by atoms with E-state index >= 15 is 0 Å². The molecule has 0 aromatic carbocycles. The minimum Gasteiger partial charge on any atom is -0.307 e. The zero-order valence-electron chi connectivity index (χ0n) is 8.59. The highest BCUT2D eigenvalue weighted by Crippen LogP contribution is 2.17. The SMILES string of the molecule is O=C1CNCCN1NC1CCCCC1. The molecule has 0 bridgehead atoms. The summed E-state index contributed by atoms with van der Waals surface area (Å²) in [6.07, 6.45) is 6.40. The Morgan fingerprint density at radius 2 is 2.07 bits per heavy atom. The molecule has 2 aliphatic rings. The number of hydrogen-bond donors (Lipinski definition) is 2. The molecule has 2 rings (SSSR count). The smallest absolute Gasteiger partial charge is 0.250 e. The first-order valence-electron chi connectivity index (χ1n) is 5.63. The van der Waals surface area contributed by atoms with E-state index in [-0.39, 0.29) is 5.91 Å². The summed E-state index contributed by atoms with van der Waals surface area (Å²) in [7, 11) is 0. The van der Waals surface area contributed by atoms with E-state index in [4.69, 9.17) is 0 Å². The van der Waals surface area contributed by atoms with Crippen LogP contribution in [0.4, 0.5) is 0 Å². The number of hydrogen-bond acceptors (Lipinski definition) is 3. The van der Waals surface area contributed by atoms with Crippen LogP contribution in [0.1, 0.15) is 32.1 Å². The number of carbonyl (C=O) groups excluding carboxylic acids is 1. The molecule has 1 saturated heterocycles. The number of hydrazine groups is 1. The van der Waals surface area contributed by atoms with E-state index in [1.807, 2.05) is 0 Å². The molecule has 0 radical (unpaired) electrons. The van der Waals surface area contributed by atoms with Crippen LogP contribution in [-0.2, 0) is 4.79 Å².